The second-order valence-corrected chi connectivity index (χ2v) is 4.10. The number of aromatic nitrogens is 2. The molecule has 0 aliphatic carbocycles. The van der Waals surface area contributed by atoms with Gasteiger partial charge in [0.05, 0.1) is 0 Å². The van der Waals surface area contributed by atoms with Crippen molar-refractivity contribution in [2.75, 3.05) is 37.0 Å². The Labute approximate surface area is 95.5 Å². The molecule has 16 heavy (non-hydrogen) atoms. The first-order chi connectivity index (χ1) is 7.83. The zero-order valence-electron chi connectivity index (χ0n) is 9.56. The largest absolute Gasteiger partial charge is 0.396 e. The second kappa shape index (κ2) is 5.12. The van der Waals surface area contributed by atoms with Gasteiger partial charge in [-0.2, -0.15) is 4.98 Å². The fourth-order valence-electron chi connectivity index (χ4n) is 2.10. The molecule has 5 heteroatoms. The van der Waals surface area contributed by atoms with Crippen LogP contribution in [0.1, 0.15) is 12.8 Å². The highest BCUT2D eigenvalue weighted by Gasteiger charge is 2.22. The van der Waals surface area contributed by atoms with Crippen molar-refractivity contribution in [2.45, 2.75) is 12.8 Å². The van der Waals surface area contributed by atoms with Crippen LogP contribution >= 0.6 is 0 Å². The molecule has 0 spiro atoms. The number of hydrogen-bond acceptors (Lipinski definition) is 5. The number of anilines is 2. The number of hydrogen-bond donors (Lipinski definition) is 2. The van der Waals surface area contributed by atoms with Crippen LogP contribution in [-0.4, -0.2) is 41.8 Å². The Bertz CT molecular complexity index is 345. The van der Waals surface area contributed by atoms with Gasteiger partial charge in [0.1, 0.15) is 5.82 Å². The van der Waals surface area contributed by atoms with Gasteiger partial charge in [0, 0.05) is 32.9 Å². The fourth-order valence-corrected chi connectivity index (χ4v) is 2.10. The van der Waals surface area contributed by atoms with Gasteiger partial charge in [-0.25, -0.2) is 4.98 Å². The van der Waals surface area contributed by atoms with Crippen LogP contribution in [0.2, 0.25) is 0 Å². The molecule has 1 aromatic rings. The van der Waals surface area contributed by atoms with Crippen molar-refractivity contribution in [3.05, 3.63) is 12.3 Å². The summed E-state index contributed by atoms with van der Waals surface area (Å²) in [5.74, 6) is 2.22. The van der Waals surface area contributed by atoms with Crippen LogP contribution in [-0.2, 0) is 0 Å². The lowest BCUT2D eigenvalue weighted by atomic mass is 10.1. The molecule has 88 valence electrons. The van der Waals surface area contributed by atoms with Crippen LogP contribution in [0.3, 0.4) is 0 Å². The average Bonchev–Trinajstić information content (AvgIpc) is 2.78. The predicted octanol–water partition coefficient (Wildman–Crippen LogP) is 0.727. The number of nitrogens with zero attached hydrogens (tertiary/aromatic N) is 3. The highest BCUT2D eigenvalue weighted by molar-refractivity contribution is 5.43. The van der Waals surface area contributed by atoms with Crippen LogP contribution in [0, 0.1) is 5.92 Å². The molecule has 2 N–H and O–H groups in total. The van der Waals surface area contributed by atoms with Crippen molar-refractivity contribution in [2.24, 2.45) is 5.92 Å². The fraction of sp³-hybridized carbons (Fsp3) is 0.636. The van der Waals surface area contributed by atoms with E-state index in [2.05, 4.69) is 20.2 Å². The summed E-state index contributed by atoms with van der Waals surface area (Å²) in [7, 11) is 1.82. The Balaban J connectivity index is 2.02. The van der Waals surface area contributed by atoms with E-state index >= 15 is 0 Å². The average molecular weight is 222 g/mol. The van der Waals surface area contributed by atoms with Gasteiger partial charge in [-0.1, -0.05) is 0 Å². The van der Waals surface area contributed by atoms with E-state index in [-0.39, 0.29) is 6.61 Å². The zero-order chi connectivity index (χ0) is 11.4. The Hall–Kier alpha value is -1.36. The van der Waals surface area contributed by atoms with E-state index in [4.69, 9.17) is 5.11 Å². The highest BCUT2D eigenvalue weighted by atomic mass is 16.3. The maximum absolute atomic E-state index is 8.91. The molecule has 0 aromatic carbocycles. The topological polar surface area (TPSA) is 61.3 Å². The maximum Gasteiger partial charge on any atom is 0.224 e. The van der Waals surface area contributed by atoms with Crippen molar-refractivity contribution >= 4 is 11.8 Å². The van der Waals surface area contributed by atoms with Gasteiger partial charge in [-0.05, 0) is 24.8 Å². The third kappa shape index (κ3) is 2.41. The van der Waals surface area contributed by atoms with Crippen molar-refractivity contribution < 1.29 is 5.11 Å². The molecule has 1 aliphatic rings. The molecular formula is C11H18N4O. The third-order valence-corrected chi connectivity index (χ3v) is 3.01. The van der Waals surface area contributed by atoms with Crippen LogP contribution in [0.4, 0.5) is 11.8 Å². The van der Waals surface area contributed by atoms with Crippen LogP contribution in [0.25, 0.3) is 0 Å². The Morgan fingerprint density at radius 1 is 1.62 bits per heavy atom. The smallest absolute Gasteiger partial charge is 0.224 e. The monoisotopic (exact) mass is 222 g/mol. The summed E-state index contributed by atoms with van der Waals surface area (Å²) >= 11 is 0. The lowest BCUT2D eigenvalue weighted by Crippen LogP contribution is -2.21. The zero-order valence-corrected chi connectivity index (χ0v) is 9.56. The quantitative estimate of drug-likeness (QED) is 0.786. The van der Waals surface area contributed by atoms with E-state index in [0.29, 0.717) is 11.9 Å². The highest BCUT2D eigenvalue weighted by Crippen LogP contribution is 2.24. The molecule has 2 heterocycles. The number of nitrogens with one attached hydrogen (secondary N) is 1. The van der Waals surface area contributed by atoms with Crippen LogP contribution < -0.4 is 10.2 Å². The molecule has 1 fully saturated rings. The van der Waals surface area contributed by atoms with Crippen molar-refractivity contribution in [3.63, 3.8) is 0 Å². The van der Waals surface area contributed by atoms with Crippen LogP contribution in [0.5, 0.6) is 0 Å². The summed E-state index contributed by atoms with van der Waals surface area (Å²) in [6, 6.07) is 1.93. The maximum atomic E-state index is 8.91. The molecule has 2 rings (SSSR count). The van der Waals surface area contributed by atoms with E-state index in [9.17, 15) is 0 Å². The summed E-state index contributed by atoms with van der Waals surface area (Å²) in [4.78, 5) is 10.8. The summed E-state index contributed by atoms with van der Waals surface area (Å²) < 4.78 is 0. The molecule has 1 atom stereocenters. The molecule has 1 saturated heterocycles. The van der Waals surface area contributed by atoms with Crippen molar-refractivity contribution in [1.82, 2.24) is 9.97 Å². The summed E-state index contributed by atoms with van der Waals surface area (Å²) in [6.45, 7) is 2.29. The third-order valence-electron chi connectivity index (χ3n) is 3.01. The number of rotatable bonds is 4. The second-order valence-electron chi connectivity index (χ2n) is 4.10. The Morgan fingerprint density at radius 2 is 2.50 bits per heavy atom. The van der Waals surface area contributed by atoms with E-state index in [1.807, 2.05) is 13.1 Å². The molecule has 1 aromatic heterocycles. The van der Waals surface area contributed by atoms with E-state index in [1.54, 1.807) is 6.20 Å². The van der Waals surface area contributed by atoms with Crippen molar-refractivity contribution in [3.8, 4) is 0 Å². The SMILES string of the molecule is CNc1nccc(N2CCC(CCO)C2)n1. The van der Waals surface area contributed by atoms with Crippen LogP contribution in [0.15, 0.2) is 12.3 Å². The lowest BCUT2D eigenvalue weighted by Gasteiger charge is -2.17. The first-order valence-corrected chi connectivity index (χ1v) is 5.70. The molecule has 1 unspecified atom stereocenters. The van der Waals surface area contributed by atoms with Gasteiger partial charge in [-0.3, -0.25) is 0 Å². The first kappa shape index (κ1) is 11.1. The van der Waals surface area contributed by atoms with Gasteiger partial charge in [0.25, 0.3) is 0 Å². The standard InChI is InChI=1S/C11H18N4O/c1-12-11-13-5-2-10(14-11)15-6-3-9(8-15)4-7-16/h2,5,9,16H,3-4,6-8H2,1H3,(H,12,13,14). The van der Waals surface area contributed by atoms with Gasteiger partial charge in [-0.15, -0.1) is 0 Å². The van der Waals surface area contributed by atoms with Crippen molar-refractivity contribution in [1.29, 1.82) is 0 Å². The van der Waals surface area contributed by atoms with E-state index < -0.39 is 0 Å². The summed E-state index contributed by atoms with van der Waals surface area (Å²) in [5, 5.41) is 11.8. The Morgan fingerprint density at radius 3 is 3.25 bits per heavy atom. The lowest BCUT2D eigenvalue weighted by molar-refractivity contribution is 0.263. The van der Waals surface area contributed by atoms with Gasteiger partial charge in [0.15, 0.2) is 0 Å². The summed E-state index contributed by atoms with van der Waals surface area (Å²) in [5.41, 5.74) is 0. The normalized spacial score (nSPS) is 20.1. The molecule has 1 aliphatic heterocycles. The molecular weight excluding hydrogens is 204 g/mol. The predicted molar refractivity (Wildman–Crippen MR) is 63.6 cm³/mol. The summed E-state index contributed by atoms with van der Waals surface area (Å²) in [6.07, 6.45) is 3.80. The first-order valence-electron chi connectivity index (χ1n) is 5.70. The molecule has 5 nitrogen and oxygen atoms in total. The van der Waals surface area contributed by atoms with E-state index in [0.717, 1.165) is 31.7 Å². The van der Waals surface area contributed by atoms with Gasteiger partial charge in [0.2, 0.25) is 5.95 Å². The number of aliphatic hydroxyl groups is 1. The minimum absolute atomic E-state index is 0.282. The molecule has 0 radical (unpaired) electrons. The van der Waals surface area contributed by atoms with Gasteiger partial charge < -0.3 is 15.3 Å². The minimum atomic E-state index is 0.282. The molecule has 0 amide bonds. The Kier molecular flexibility index (Phi) is 3.56. The van der Waals surface area contributed by atoms with Gasteiger partial charge >= 0.3 is 0 Å². The molecule has 0 saturated carbocycles. The molecule has 0 bridgehead atoms. The van der Waals surface area contributed by atoms with E-state index in [1.165, 1.54) is 0 Å². The number of aliphatic hydroxyl groups excluding tert-OH is 1. The minimum Gasteiger partial charge on any atom is -0.396 e.